The fourth-order valence-electron chi connectivity index (χ4n) is 3.99. The van der Waals surface area contributed by atoms with Crippen LogP contribution in [0.25, 0.3) is 10.9 Å². The standard InChI is InChI=1S/C23H21N3O5/c1-2-31-14-8-6-13(7-9-14)12-26-17-5-3-4-15(23(24)30)20(17)21-18(27)11-25-16(22(21)26)10-19(28)29/h3-9H,2,10-12H2,1H3,(H2,24,30)(H,28,29). The number of hydrogen-bond acceptors (Lipinski definition) is 5. The van der Waals surface area contributed by atoms with Crippen LogP contribution in [-0.4, -0.2) is 46.2 Å². The average molecular weight is 419 g/mol. The van der Waals surface area contributed by atoms with E-state index in [1.54, 1.807) is 18.2 Å². The first kappa shape index (κ1) is 20.3. The summed E-state index contributed by atoms with van der Waals surface area (Å²) >= 11 is 0. The second kappa shape index (κ2) is 8.06. The van der Waals surface area contributed by atoms with Gasteiger partial charge in [0.05, 0.1) is 35.5 Å². The van der Waals surface area contributed by atoms with E-state index in [0.717, 1.165) is 11.3 Å². The Morgan fingerprint density at radius 1 is 1.19 bits per heavy atom. The summed E-state index contributed by atoms with van der Waals surface area (Å²) < 4.78 is 7.33. The Labute approximate surface area is 177 Å². The van der Waals surface area contributed by atoms with E-state index in [-0.39, 0.29) is 24.3 Å². The highest BCUT2D eigenvalue weighted by Crippen LogP contribution is 2.33. The molecule has 0 saturated heterocycles. The number of Topliss-reactive ketones (excluding diaryl/α,β-unsaturated/α-hetero) is 1. The van der Waals surface area contributed by atoms with Crippen LogP contribution >= 0.6 is 0 Å². The zero-order chi connectivity index (χ0) is 22.1. The fraction of sp³-hybridized carbons (Fsp3) is 0.217. The van der Waals surface area contributed by atoms with Crippen molar-refractivity contribution in [2.45, 2.75) is 19.9 Å². The van der Waals surface area contributed by atoms with E-state index in [9.17, 15) is 19.5 Å². The number of ketones is 1. The lowest BCUT2D eigenvalue weighted by atomic mass is 9.96. The van der Waals surface area contributed by atoms with Gasteiger partial charge in [0, 0.05) is 17.5 Å². The number of benzene rings is 2. The van der Waals surface area contributed by atoms with Crippen LogP contribution in [0.15, 0.2) is 47.5 Å². The Kier molecular flexibility index (Phi) is 5.29. The molecule has 0 atom stereocenters. The lowest BCUT2D eigenvalue weighted by molar-refractivity contribution is -0.135. The predicted octanol–water partition coefficient (Wildman–Crippen LogP) is 2.65. The molecule has 0 spiro atoms. The Bertz CT molecular complexity index is 1240. The number of carbonyl (C=O) groups is 3. The molecule has 31 heavy (non-hydrogen) atoms. The summed E-state index contributed by atoms with van der Waals surface area (Å²) in [5.41, 5.74) is 8.39. The van der Waals surface area contributed by atoms with Crippen LogP contribution in [0.1, 0.15) is 45.3 Å². The molecule has 1 aliphatic heterocycles. The second-order valence-electron chi connectivity index (χ2n) is 7.21. The predicted molar refractivity (Wildman–Crippen MR) is 115 cm³/mol. The summed E-state index contributed by atoms with van der Waals surface area (Å²) in [6.07, 6.45) is -0.328. The number of aliphatic carboxylic acids is 1. The van der Waals surface area contributed by atoms with Gasteiger partial charge in [-0.25, -0.2) is 0 Å². The lowest BCUT2D eigenvalue weighted by Gasteiger charge is -2.16. The molecule has 0 radical (unpaired) electrons. The third kappa shape index (κ3) is 3.68. The number of rotatable bonds is 7. The quantitative estimate of drug-likeness (QED) is 0.609. The summed E-state index contributed by atoms with van der Waals surface area (Å²) in [6, 6.07) is 12.6. The van der Waals surface area contributed by atoms with Gasteiger partial charge in [-0.05, 0) is 36.8 Å². The van der Waals surface area contributed by atoms with E-state index in [4.69, 9.17) is 10.5 Å². The number of aliphatic imine (C=N–C) groups is 1. The van der Waals surface area contributed by atoms with Gasteiger partial charge >= 0.3 is 5.97 Å². The first-order chi connectivity index (χ1) is 14.9. The number of nitrogens with zero attached hydrogens (tertiary/aromatic N) is 2. The minimum Gasteiger partial charge on any atom is -0.494 e. The van der Waals surface area contributed by atoms with Crippen molar-refractivity contribution in [2.75, 3.05) is 13.2 Å². The maximum Gasteiger partial charge on any atom is 0.309 e. The minimum absolute atomic E-state index is 0.162. The van der Waals surface area contributed by atoms with E-state index < -0.39 is 11.9 Å². The molecular weight excluding hydrogens is 398 g/mol. The second-order valence-corrected chi connectivity index (χ2v) is 7.21. The van der Waals surface area contributed by atoms with Crippen LogP contribution in [-0.2, 0) is 11.3 Å². The van der Waals surface area contributed by atoms with Gasteiger partial charge in [0.25, 0.3) is 0 Å². The van der Waals surface area contributed by atoms with Gasteiger partial charge in [0.2, 0.25) is 5.91 Å². The van der Waals surface area contributed by atoms with Crippen molar-refractivity contribution in [1.29, 1.82) is 0 Å². The van der Waals surface area contributed by atoms with Crippen LogP contribution in [0.3, 0.4) is 0 Å². The van der Waals surface area contributed by atoms with Gasteiger partial charge in [0.15, 0.2) is 5.78 Å². The van der Waals surface area contributed by atoms with Crippen molar-refractivity contribution in [3.05, 3.63) is 64.8 Å². The van der Waals surface area contributed by atoms with Crippen LogP contribution in [0.4, 0.5) is 0 Å². The highest BCUT2D eigenvalue weighted by Gasteiger charge is 2.31. The number of aromatic nitrogens is 1. The van der Waals surface area contributed by atoms with E-state index in [1.165, 1.54) is 0 Å². The number of nitrogens with two attached hydrogens (primary N) is 1. The highest BCUT2D eigenvalue weighted by atomic mass is 16.5. The first-order valence-corrected chi connectivity index (χ1v) is 9.86. The van der Waals surface area contributed by atoms with Crippen molar-refractivity contribution in [3.8, 4) is 5.75 Å². The molecule has 1 aromatic heterocycles. The molecule has 1 aliphatic rings. The summed E-state index contributed by atoms with van der Waals surface area (Å²) in [6.45, 7) is 2.65. The number of amides is 1. The zero-order valence-electron chi connectivity index (χ0n) is 16.9. The van der Waals surface area contributed by atoms with Crippen molar-refractivity contribution < 1.29 is 24.2 Å². The molecule has 0 aliphatic carbocycles. The molecule has 3 N–H and O–H groups in total. The molecule has 158 valence electrons. The van der Waals surface area contributed by atoms with Crippen LogP contribution < -0.4 is 10.5 Å². The molecule has 0 unspecified atom stereocenters. The number of hydrogen-bond donors (Lipinski definition) is 2. The van der Waals surface area contributed by atoms with Gasteiger partial charge in [-0.2, -0.15) is 0 Å². The summed E-state index contributed by atoms with van der Waals surface area (Å²) in [5, 5.41) is 9.82. The molecule has 0 saturated carbocycles. The van der Waals surface area contributed by atoms with E-state index >= 15 is 0 Å². The monoisotopic (exact) mass is 419 g/mol. The van der Waals surface area contributed by atoms with Gasteiger partial charge in [-0.15, -0.1) is 0 Å². The van der Waals surface area contributed by atoms with Gasteiger partial charge in [-0.1, -0.05) is 18.2 Å². The number of primary amides is 1. The van der Waals surface area contributed by atoms with E-state index in [1.807, 2.05) is 35.8 Å². The number of carboxylic acid groups (broad SMARTS) is 1. The van der Waals surface area contributed by atoms with Crippen LogP contribution in [0, 0.1) is 0 Å². The summed E-state index contributed by atoms with van der Waals surface area (Å²) in [4.78, 5) is 40.6. The molecule has 8 nitrogen and oxygen atoms in total. The van der Waals surface area contributed by atoms with Gasteiger partial charge < -0.3 is 20.1 Å². The molecule has 0 bridgehead atoms. The minimum atomic E-state index is -1.05. The molecule has 2 aromatic carbocycles. The zero-order valence-corrected chi connectivity index (χ0v) is 16.9. The third-order valence-corrected chi connectivity index (χ3v) is 5.21. The molecular formula is C23H21N3O5. The first-order valence-electron chi connectivity index (χ1n) is 9.86. The number of fused-ring (bicyclic) bond motifs is 3. The number of carbonyl (C=O) groups excluding carboxylic acids is 2. The molecule has 0 fully saturated rings. The van der Waals surface area contributed by atoms with E-state index in [2.05, 4.69) is 4.99 Å². The summed E-state index contributed by atoms with van der Waals surface area (Å²) in [5.74, 6) is -1.23. The molecule has 1 amide bonds. The van der Waals surface area contributed by atoms with Crippen molar-refractivity contribution in [2.24, 2.45) is 10.7 Å². The number of ether oxygens (including phenoxy) is 1. The topological polar surface area (TPSA) is 124 Å². The molecule has 8 heteroatoms. The lowest BCUT2D eigenvalue weighted by Crippen LogP contribution is -2.24. The molecule has 3 aromatic rings. The smallest absolute Gasteiger partial charge is 0.309 e. The Morgan fingerprint density at radius 2 is 1.94 bits per heavy atom. The van der Waals surface area contributed by atoms with Crippen molar-refractivity contribution in [1.82, 2.24) is 4.57 Å². The fourth-order valence-corrected chi connectivity index (χ4v) is 3.99. The van der Waals surface area contributed by atoms with Crippen molar-refractivity contribution in [3.63, 3.8) is 0 Å². The summed E-state index contributed by atoms with van der Waals surface area (Å²) in [7, 11) is 0. The maximum absolute atomic E-state index is 12.9. The highest BCUT2D eigenvalue weighted by molar-refractivity contribution is 6.26. The van der Waals surface area contributed by atoms with Crippen molar-refractivity contribution >= 4 is 34.3 Å². The Balaban J connectivity index is 1.94. The number of carboxylic acids is 1. The largest absolute Gasteiger partial charge is 0.494 e. The Hall–Kier alpha value is -3.94. The van der Waals surface area contributed by atoms with E-state index in [0.29, 0.717) is 41.0 Å². The average Bonchev–Trinajstić information content (AvgIpc) is 3.07. The van der Waals surface area contributed by atoms with Gasteiger partial charge in [-0.3, -0.25) is 19.4 Å². The normalized spacial score (nSPS) is 13.1. The molecule has 4 rings (SSSR count). The maximum atomic E-state index is 12.9. The molecule has 2 heterocycles. The third-order valence-electron chi connectivity index (χ3n) is 5.21. The van der Waals surface area contributed by atoms with Crippen LogP contribution in [0.2, 0.25) is 0 Å². The SMILES string of the molecule is CCOc1ccc(Cn2c3c(c4c(C(N)=O)cccc42)C(=O)CN=C3CC(=O)O)cc1. The van der Waals surface area contributed by atoms with Crippen LogP contribution in [0.5, 0.6) is 5.75 Å². The van der Waals surface area contributed by atoms with Gasteiger partial charge in [0.1, 0.15) is 12.3 Å². The Morgan fingerprint density at radius 3 is 2.58 bits per heavy atom.